The van der Waals surface area contributed by atoms with Gasteiger partial charge in [-0.15, -0.1) is 0 Å². The van der Waals surface area contributed by atoms with E-state index in [1.165, 1.54) is 11.3 Å². The zero-order chi connectivity index (χ0) is 23.5. The van der Waals surface area contributed by atoms with Crippen molar-refractivity contribution in [3.63, 3.8) is 0 Å². The first-order valence-electron chi connectivity index (χ1n) is 11.2. The predicted molar refractivity (Wildman–Crippen MR) is 132 cm³/mol. The van der Waals surface area contributed by atoms with Crippen LogP contribution in [0.4, 0.5) is 5.13 Å². The van der Waals surface area contributed by atoms with Crippen LogP contribution in [0.5, 0.6) is 5.75 Å². The van der Waals surface area contributed by atoms with Gasteiger partial charge in [-0.1, -0.05) is 22.9 Å². The Hall–Kier alpha value is -2.20. The maximum Gasteiger partial charge on any atom is 0.278 e. The minimum atomic E-state index is -0.111. The molecule has 0 unspecified atom stereocenters. The number of aryl methyl sites for hydroxylation is 1. The molecule has 0 spiro atoms. The maximum absolute atomic E-state index is 13.8. The zero-order valence-electron chi connectivity index (χ0n) is 19.5. The van der Waals surface area contributed by atoms with E-state index in [2.05, 4.69) is 10.00 Å². The third kappa shape index (κ3) is 5.16. The molecule has 1 amide bonds. The Bertz CT molecular complexity index is 1120. The second-order valence-electron chi connectivity index (χ2n) is 8.40. The zero-order valence-corrected chi connectivity index (χ0v) is 21.1. The lowest BCUT2D eigenvalue weighted by molar-refractivity contribution is 0.0376. The summed E-state index contributed by atoms with van der Waals surface area (Å²) < 4.78 is 13.5. The topological polar surface area (TPSA) is 72.7 Å². The smallest absolute Gasteiger partial charge is 0.278 e. The third-order valence-electron chi connectivity index (χ3n) is 5.67. The quantitative estimate of drug-likeness (QED) is 0.464. The Morgan fingerprint density at radius 1 is 1.33 bits per heavy atom. The molecular weight excluding hydrogens is 462 g/mol. The number of rotatable bonds is 8. The molecule has 1 aliphatic rings. The standard InChI is InChI=1S/C23H30ClN5O3S/c1-15(2)29-18(14-16(3)26-29)22(30)28(9-5-8-27-10-12-32-13-11-27)23-25-20-19(31-4)7-6-17(24)21(20)33-23/h6-7,14-15H,5,8-13H2,1-4H3. The fraction of sp³-hybridized carbons (Fsp3) is 0.522. The Kier molecular flexibility index (Phi) is 7.53. The minimum absolute atomic E-state index is 0.0674. The summed E-state index contributed by atoms with van der Waals surface area (Å²) in [5.41, 5.74) is 2.05. The van der Waals surface area contributed by atoms with Crippen LogP contribution in [-0.4, -0.2) is 72.1 Å². The van der Waals surface area contributed by atoms with Crippen molar-refractivity contribution in [3.8, 4) is 5.75 Å². The fourth-order valence-electron chi connectivity index (χ4n) is 3.99. The lowest BCUT2D eigenvalue weighted by Gasteiger charge is -2.28. The number of halogens is 1. The molecule has 4 rings (SSSR count). The number of amides is 1. The van der Waals surface area contributed by atoms with Gasteiger partial charge >= 0.3 is 0 Å². The van der Waals surface area contributed by atoms with Crippen LogP contribution in [-0.2, 0) is 4.74 Å². The normalized spacial score (nSPS) is 14.8. The fourth-order valence-corrected chi connectivity index (χ4v) is 5.27. The summed E-state index contributed by atoms with van der Waals surface area (Å²) in [6, 6.07) is 5.51. The van der Waals surface area contributed by atoms with Crippen molar-refractivity contribution >= 4 is 44.2 Å². The average molecular weight is 492 g/mol. The second kappa shape index (κ2) is 10.4. The van der Waals surface area contributed by atoms with Gasteiger partial charge in [0.15, 0.2) is 5.13 Å². The number of benzene rings is 1. The van der Waals surface area contributed by atoms with Crippen LogP contribution in [0.1, 0.15) is 42.5 Å². The molecule has 10 heteroatoms. The average Bonchev–Trinajstić information content (AvgIpc) is 3.42. The van der Waals surface area contributed by atoms with Gasteiger partial charge in [-0.3, -0.25) is 19.3 Å². The molecule has 0 aliphatic carbocycles. The number of ether oxygens (including phenoxy) is 2. The van der Waals surface area contributed by atoms with E-state index in [1.54, 1.807) is 28.8 Å². The number of hydrogen-bond donors (Lipinski definition) is 0. The number of carbonyl (C=O) groups is 1. The van der Waals surface area contributed by atoms with Gasteiger partial charge in [0.25, 0.3) is 5.91 Å². The molecule has 178 valence electrons. The Morgan fingerprint density at radius 2 is 2.09 bits per heavy atom. The predicted octanol–water partition coefficient (Wildman–Crippen LogP) is 4.41. The molecule has 33 heavy (non-hydrogen) atoms. The van der Waals surface area contributed by atoms with Gasteiger partial charge < -0.3 is 9.47 Å². The van der Waals surface area contributed by atoms with Crippen LogP contribution in [0.25, 0.3) is 10.2 Å². The summed E-state index contributed by atoms with van der Waals surface area (Å²) >= 11 is 7.87. The summed E-state index contributed by atoms with van der Waals surface area (Å²) in [7, 11) is 1.61. The van der Waals surface area contributed by atoms with Gasteiger partial charge in [-0.25, -0.2) is 4.98 Å². The number of thiazole rings is 1. The molecule has 2 aromatic heterocycles. The van der Waals surface area contributed by atoms with E-state index in [9.17, 15) is 4.79 Å². The lowest BCUT2D eigenvalue weighted by atomic mass is 10.2. The number of anilines is 1. The van der Waals surface area contributed by atoms with Crippen molar-refractivity contribution < 1.29 is 14.3 Å². The molecule has 3 heterocycles. The van der Waals surface area contributed by atoms with E-state index in [0.717, 1.165) is 49.7 Å². The number of morpholine rings is 1. The van der Waals surface area contributed by atoms with E-state index in [4.69, 9.17) is 26.1 Å². The first-order chi connectivity index (χ1) is 15.9. The summed E-state index contributed by atoms with van der Waals surface area (Å²) in [5.74, 6) is 0.529. The number of carbonyl (C=O) groups excluding carboxylic acids is 1. The number of fused-ring (bicyclic) bond motifs is 1. The number of nitrogens with zero attached hydrogens (tertiary/aromatic N) is 5. The molecule has 0 saturated carbocycles. The summed E-state index contributed by atoms with van der Waals surface area (Å²) in [6.07, 6.45) is 0.821. The minimum Gasteiger partial charge on any atom is -0.494 e. The molecule has 1 aliphatic heterocycles. The van der Waals surface area contributed by atoms with Crippen LogP contribution in [0.2, 0.25) is 5.02 Å². The van der Waals surface area contributed by atoms with Gasteiger partial charge in [0.1, 0.15) is 17.0 Å². The Morgan fingerprint density at radius 3 is 2.79 bits per heavy atom. The summed E-state index contributed by atoms with van der Waals surface area (Å²) in [5, 5.41) is 5.74. The van der Waals surface area contributed by atoms with E-state index < -0.39 is 0 Å². The monoisotopic (exact) mass is 491 g/mol. The van der Waals surface area contributed by atoms with Crippen molar-refractivity contribution in [2.45, 2.75) is 33.2 Å². The highest BCUT2D eigenvalue weighted by Gasteiger charge is 2.27. The van der Waals surface area contributed by atoms with Gasteiger partial charge in [-0.2, -0.15) is 5.10 Å². The Labute approximate surface area is 203 Å². The first kappa shape index (κ1) is 23.9. The van der Waals surface area contributed by atoms with Crippen molar-refractivity contribution in [2.24, 2.45) is 0 Å². The summed E-state index contributed by atoms with van der Waals surface area (Å²) in [6.45, 7) is 10.7. The van der Waals surface area contributed by atoms with Crippen molar-refractivity contribution in [1.82, 2.24) is 19.7 Å². The molecule has 0 bridgehead atoms. The van der Waals surface area contributed by atoms with Crippen LogP contribution >= 0.6 is 22.9 Å². The van der Waals surface area contributed by atoms with Gasteiger partial charge in [0.2, 0.25) is 0 Å². The van der Waals surface area contributed by atoms with Gasteiger partial charge in [-0.05, 0) is 45.4 Å². The Balaban J connectivity index is 1.67. The number of methoxy groups -OCH3 is 1. The molecular formula is C23H30ClN5O3S. The molecule has 0 N–H and O–H groups in total. The first-order valence-corrected chi connectivity index (χ1v) is 12.4. The maximum atomic E-state index is 13.8. The largest absolute Gasteiger partial charge is 0.494 e. The van der Waals surface area contributed by atoms with Crippen LogP contribution in [0.15, 0.2) is 18.2 Å². The van der Waals surface area contributed by atoms with Crippen LogP contribution < -0.4 is 9.64 Å². The molecule has 1 fully saturated rings. The third-order valence-corrected chi connectivity index (χ3v) is 7.21. The van der Waals surface area contributed by atoms with Crippen LogP contribution in [0.3, 0.4) is 0 Å². The van der Waals surface area contributed by atoms with Gasteiger partial charge in [0, 0.05) is 32.2 Å². The van der Waals surface area contributed by atoms with E-state index in [-0.39, 0.29) is 11.9 Å². The highest BCUT2D eigenvalue weighted by Crippen LogP contribution is 2.39. The molecule has 0 atom stereocenters. The molecule has 1 aromatic carbocycles. The highest BCUT2D eigenvalue weighted by atomic mass is 35.5. The number of aromatic nitrogens is 3. The molecule has 3 aromatic rings. The van der Waals surface area contributed by atoms with Crippen molar-refractivity contribution in [3.05, 3.63) is 34.6 Å². The van der Waals surface area contributed by atoms with Crippen molar-refractivity contribution in [1.29, 1.82) is 0 Å². The molecule has 8 nitrogen and oxygen atoms in total. The highest BCUT2D eigenvalue weighted by molar-refractivity contribution is 7.23. The SMILES string of the molecule is COc1ccc(Cl)c2sc(N(CCCN3CCOCC3)C(=O)c3cc(C)nn3C(C)C)nc12. The molecule has 0 radical (unpaired) electrons. The summed E-state index contributed by atoms with van der Waals surface area (Å²) in [4.78, 5) is 22.7. The second-order valence-corrected chi connectivity index (χ2v) is 9.78. The van der Waals surface area contributed by atoms with E-state index in [0.29, 0.717) is 33.7 Å². The molecule has 1 saturated heterocycles. The van der Waals surface area contributed by atoms with E-state index >= 15 is 0 Å². The van der Waals surface area contributed by atoms with Crippen molar-refractivity contribution in [2.75, 3.05) is 51.4 Å². The van der Waals surface area contributed by atoms with Gasteiger partial charge in [0.05, 0.1) is 35.7 Å². The van der Waals surface area contributed by atoms with E-state index in [1.807, 2.05) is 26.8 Å². The number of hydrogen-bond acceptors (Lipinski definition) is 7. The van der Waals surface area contributed by atoms with Crippen LogP contribution in [0, 0.1) is 6.92 Å². The lowest BCUT2D eigenvalue weighted by Crippen LogP contribution is -2.39.